The lowest BCUT2D eigenvalue weighted by Crippen LogP contribution is -2.37. The third kappa shape index (κ3) is 5.65. The predicted octanol–water partition coefficient (Wildman–Crippen LogP) is 2.26. The van der Waals surface area contributed by atoms with Crippen LogP contribution in [0.5, 0.6) is 0 Å². The lowest BCUT2D eigenvalue weighted by molar-refractivity contribution is -0.122. The molecule has 0 saturated heterocycles. The Morgan fingerprint density at radius 3 is 2.82 bits per heavy atom. The maximum atomic E-state index is 11.7. The summed E-state index contributed by atoms with van der Waals surface area (Å²) in [4.78, 5) is 15.0. The van der Waals surface area contributed by atoms with Crippen LogP contribution >= 0.6 is 11.3 Å². The van der Waals surface area contributed by atoms with Crippen molar-refractivity contribution < 1.29 is 4.79 Å². The minimum atomic E-state index is 0.0708. The number of amides is 1. The van der Waals surface area contributed by atoms with Crippen molar-refractivity contribution in [1.82, 2.24) is 10.2 Å². The molecular weight excluding hydrogens is 232 g/mol. The van der Waals surface area contributed by atoms with Gasteiger partial charge in [0.25, 0.3) is 0 Å². The average molecular weight is 252 g/mol. The van der Waals surface area contributed by atoms with Gasteiger partial charge in [0.15, 0.2) is 0 Å². The van der Waals surface area contributed by atoms with E-state index in [-0.39, 0.29) is 5.91 Å². The van der Waals surface area contributed by atoms with Crippen LogP contribution in [0.15, 0.2) is 29.7 Å². The van der Waals surface area contributed by atoms with Crippen molar-refractivity contribution in [2.45, 2.75) is 20.4 Å². The van der Waals surface area contributed by atoms with Gasteiger partial charge in [-0.05, 0) is 24.9 Å². The highest BCUT2D eigenvalue weighted by atomic mass is 32.1. The van der Waals surface area contributed by atoms with E-state index in [1.807, 2.05) is 24.4 Å². The number of likely N-dealkylation sites (N-methyl/N-ethyl adjacent to an activating group) is 1. The lowest BCUT2D eigenvalue weighted by Gasteiger charge is -2.19. The minimum Gasteiger partial charge on any atom is -0.350 e. The molecule has 0 saturated carbocycles. The largest absolute Gasteiger partial charge is 0.350 e. The number of hydrogen-bond donors (Lipinski definition) is 1. The van der Waals surface area contributed by atoms with Crippen molar-refractivity contribution in [3.05, 3.63) is 34.5 Å². The zero-order valence-electron chi connectivity index (χ0n) is 10.5. The van der Waals surface area contributed by atoms with Gasteiger partial charge in [-0.2, -0.15) is 0 Å². The second kappa shape index (κ2) is 7.25. The van der Waals surface area contributed by atoms with E-state index in [1.54, 1.807) is 11.3 Å². The number of nitrogens with one attached hydrogen (secondary N) is 1. The van der Waals surface area contributed by atoms with E-state index < -0.39 is 0 Å². The third-order valence-electron chi connectivity index (χ3n) is 2.35. The van der Waals surface area contributed by atoms with Gasteiger partial charge in [0.1, 0.15) is 0 Å². The van der Waals surface area contributed by atoms with E-state index in [9.17, 15) is 4.79 Å². The SMILES string of the molecule is C=C(C)CN(CC)CC(=O)NCc1cccs1. The molecule has 0 aromatic carbocycles. The Kier molecular flexibility index (Phi) is 5.94. The summed E-state index contributed by atoms with van der Waals surface area (Å²) in [5.74, 6) is 0.0708. The molecule has 4 heteroatoms. The standard InChI is InChI=1S/C13H20N2OS/c1-4-15(9-11(2)3)10-13(16)14-8-12-6-5-7-17-12/h5-7H,2,4,8-10H2,1,3H3,(H,14,16). The summed E-state index contributed by atoms with van der Waals surface area (Å²) in [5.41, 5.74) is 1.08. The Hall–Kier alpha value is -1.13. The Bertz CT molecular complexity index is 360. The topological polar surface area (TPSA) is 32.3 Å². The van der Waals surface area contributed by atoms with Crippen LogP contribution in [0, 0.1) is 0 Å². The molecule has 0 spiro atoms. The number of rotatable bonds is 7. The molecule has 1 amide bonds. The maximum absolute atomic E-state index is 11.7. The molecule has 0 aliphatic rings. The number of thiophene rings is 1. The fraction of sp³-hybridized carbons (Fsp3) is 0.462. The summed E-state index contributed by atoms with van der Waals surface area (Å²) in [6.07, 6.45) is 0. The summed E-state index contributed by atoms with van der Waals surface area (Å²) in [6, 6.07) is 4.02. The highest BCUT2D eigenvalue weighted by molar-refractivity contribution is 7.09. The van der Waals surface area contributed by atoms with Gasteiger partial charge in [-0.3, -0.25) is 9.69 Å². The zero-order valence-corrected chi connectivity index (χ0v) is 11.3. The molecule has 0 aliphatic heterocycles. The molecule has 0 unspecified atom stereocenters. The Morgan fingerprint density at radius 2 is 2.29 bits per heavy atom. The molecule has 1 N–H and O–H groups in total. The average Bonchev–Trinajstić information content (AvgIpc) is 2.77. The van der Waals surface area contributed by atoms with E-state index in [0.29, 0.717) is 13.1 Å². The quantitative estimate of drug-likeness (QED) is 0.755. The van der Waals surface area contributed by atoms with Crippen LogP contribution in [0.25, 0.3) is 0 Å². The van der Waals surface area contributed by atoms with Gasteiger partial charge < -0.3 is 5.32 Å². The van der Waals surface area contributed by atoms with E-state index in [0.717, 1.165) is 18.7 Å². The number of carbonyl (C=O) groups is 1. The molecule has 0 bridgehead atoms. The first-order valence-electron chi connectivity index (χ1n) is 5.77. The molecule has 94 valence electrons. The molecule has 1 aromatic heterocycles. The van der Waals surface area contributed by atoms with Crippen molar-refractivity contribution in [1.29, 1.82) is 0 Å². The van der Waals surface area contributed by atoms with Gasteiger partial charge in [-0.25, -0.2) is 0 Å². The lowest BCUT2D eigenvalue weighted by atomic mass is 10.3. The summed E-state index contributed by atoms with van der Waals surface area (Å²) < 4.78 is 0. The van der Waals surface area contributed by atoms with Crippen LogP contribution in [0.2, 0.25) is 0 Å². The van der Waals surface area contributed by atoms with Gasteiger partial charge in [0.2, 0.25) is 5.91 Å². The van der Waals surface area contributed by atoms with Crippen LogP contribution in [0.3, 0.4) is 0 Å². The van der Waals surface area contributed by atoms with E-state index in [2.05, 4.69) is 23.7 Å². The molecule has 0 fully saturated rings. The summed E-state index contributed by atoms with van der Waals surface area (Å²) in [5, 5.41) is 4.94. The highest BCUT2D eigenvalue weighted by Gasteiger charge is 2.08. The monoisotopic (exact) mass is 252 g/mol. The van der Waals surface area contributed by atoms with Gasteiger partial charge >= 0.3 is 0 Å². The second-order valence-electron chi connectivity index (χ2n) is 4.12. The van der Waals surface area contributed by atoms with Crippen molar-refractivity contribution >= 4 is 17.2 Å². The minimum absolute atomic E-state index is 0.0708. The number of hydrogen-bond acceptors (Lipinski definition) is 3. The molecule has 1 aromatic rings. The Labute approximate surface area is 107 Å². The Balaban J connectivity index is 2.30. The van der Waals surface area contributed by atoms with E-state index in [1.165, 1.54) is 4.88 Å². The van der Waals surface area contributed by atoms with Crippen LogP contribution in [0.4, 0.5) is 0 Å². The fourth-order valence-corrected chi connectivity index (χ4v) is 2.16. The maximum Gasteiger partial charge on any atom is 0.234 e. The summed E-state index contributed by atoms with van der Waals surface area (Å²) >= 11 is 1.66. The van der Waals surface area contributed by atoms with Crippen LogP contribution in [-0.4, -0.2) is 30.4 Å². The highest BCUT2D eigenvalue weighted by Crippen LogP contribution is 2.07. The van der Waals surface area contributed by atoms with Crippen molar-refractivity contribution in [2.75, 3.05) is 19.6 Å². The molecule has 17 heavy (non-hydrogen) atoms. The molecule has 1 heterocycles. The van der Waals surface area contributed by atoms with Crippen molar-refractivity contribution in [3.63, 3.8) is 0 Å². The first-order valence-corrected chi connectivity index (χ1v) is 6.65. The van der Waals surface area contributed by atoms with Gasteiger partial charge in [-0.1, -0.05) is 25.1 Å². The van der Waals surface area contributed by atoms with Crippen molar-refractivity contribution in [3.8, 4) is 0 Å². The fourth-order valence-electron chi connectivity index (χ4n) is 1.52. The summed E-state index contributed by atoms with van der Waals surface area (Å²) in [6.45, 7) is 10.6. The molecule has 0 atom stereocenters. The van der Waals surface area contributed by atoms with Gasteiger partial charge in [-0.15, -0.1) is 11.3 Å². The third-order valence-corrected chi connectivity index (χ3v) is 3.22. The van der Waals surface area contributed by atoms with Crippen LogP contribution in [-0.2, 0) is 11.3 Å². The Morgan fingerprint density at radius 1 is 1.53 bits per heavy atom. The molecule has 3 nitrogen and oxygen atoms in total. The molecule has 0 radical (unpaired) electrons. The van der Waals surface area contributed by atoms with Gasteiger partial charge in [0.05, 0.1) is 13.1 Å². The van der Waals surface area contributed by atoms with Crippen molar-refractivity contribution in [2.24, 2.45) is 0 Å². The molecule has 0 aliphatic carbocycles. The zero-order chi connectivity index (χ0) is 12.7. The molecule has 1 rings (SSSR count). The summed E-state index contributed by atoms with van der Waals surface area (Å²) in [7, 11) is 0. The van der Waals surface area contributed by atoms with E-state index in [4.69, 9.17) is 0 Å². The van der Waals surface area contributed by atoms with Crippen LogP contribution < -0.4 is 5.32 Å². The normalized spacial score (nSPS) is 10.5. The number of carbonyl (C=O) groups excluding carboxylic acids is 1. The van der Waals surface area contributed by atoms with E-state index >= 15 is 0 Å². The first-order chi connectivity index (χ1) is 8.11. The smallest absolute Gasteiger partial charge is 0.234 e. The molecular formula is C13H20N2OS. The van der Waals surface area contributed by atoms with Gasteiger partial charge in [0, 0.05) is 11.4 Å². The second-order valence-corrected chi connectivity index (χ2v) is 5.15. The predicted molar refractivity (Wildman–Crippen MR) is 73.1 cm³/mol. The van der Waals surface area contributed by atoms with Crippen LogP contribution in [0.1, 0.15) is 18.7 Å². The first kappa shape index (κ1) is 13.9. The number of nitrogens with zero attached hydrogens (tertiary/aromatic N) is 1.